The fraction of sp³-hybridized carbons (Fsp3) is 0.500. The monoisotopic (exact) mass is 280 g/mol. The van der Waals surface area contributed by atoms with Gasteiger partial charge in [0.1, 0.15) is 5.69 Å². The number of halogens is 2. The lowest BCUT2D eigenvalue weighted by Crippen LogP contribution is -2.45. The molecule has 0 aliphatic carbocycles. The van der Waals surface area contributed by atoms with Crippen LogP contribution >= 0.6 is 0 Å². The highest BCUT2D eigenvalue weighted by atomic mass is 19.1. The van der Waals surface area contributed by atoms with Crippen molar-refractivity contribution in [1.82, 2.24) is 9.80 Å². The number of nitriles is 1. The van der Waals surface area contributed by atoms with Crippen molar-refractivity contribution >= 4 is 5.69 Å². The maximum absolute atomic E-state index is 13.6. The van der Waals surface area contributed by atoms with Gasteiger partial charge in [0.15, 0.2) is 11.6 Å². The average Bonchev–Trinajstić information content (AvgIpc) is 2.43. The summed E-state index contributed by atoms with van der Waals surface area (Å²) in [6.45, 7) is 5.18. The molecule has 108 valence electrons. The van der Waals surface area contributed by atoms with E-state index >= 15 is 0 Å². The number of anilines is 1. The minimum Gasteiger partial charge on any atom is -0.379 e. The lowest BCUT2D eigenvalue weighted by Gasteiger charge is -2.32. The third kappa shape index (κ3) is 3.65. The van der Waals surface area contributed by atoms with E-state index < -0.39 is 11.6 Å². The van der Waals surface area contributed by atoms with E-state index in [1.807, 2.05) is 0 Å². The van der Waals surface area contributed by atoms with E-state index in [-0.39, 0.29) is 11.3 Å². The Morgan fingerprint density at radius 2 is 1.80 bits per heavy atom. The first-order valence-corrected chi connectivity index (χ1v) is 6.64. The molecular weight excluding hydrogens is 262 g/mol. The first-order valence-electron chi connectivity index (χ1n) is 6.64. The largest absolute Gasteiger partial charge is 0.379 e. The van der Waals surface area contributed by atoms with Gasteiger partial charge >= 0.3 is 0 Å². The van der Waals surface area contributed by atoms with Gasteiger partial charge in [0.05, 0.1) is 11.6 Å². The van der Waals surface area contributed by atoms with Crippen molar-refractivity contribution in [3.63, 3.8) is 0 Å². The SMILES string of the molecule is CN1CCN(CCNc2c(F)cc(C#N)cc2F)CC1. The van der Waals surface area contributed by atoms with Gasteiger partial charge in [0.25, 0.3) is 0 Å². The number of hydrogen-bond donors (Lipinski definition) is 1. The number of likely N-dealkylation sites (N-methyl/N-ethyl adjacent to an activating group) is 1. The zero-order valence-electron chi connectivity index (χ0n) is 11.5. The molecule has 1 fully saturated rings. The van der Waals surface area contributed by atoms with Gasteiger partial charge in [-0.15, -0.1) is 0 Å². The number of hydrogen-bond acceptors (Lipinski definition) is 4. The van der Waals surface area contributed by atoms with Gasteiger partial charge in [-0.05, 0) is 19.2 Å². The van der Waals surface area contributed by atoms with Crippen molar-refractivity contribution in [1.29, 1.82) is 5.26 Å². The van der Waals surface area contributed by atoms with E-state index in [1.165, 1.54) is 0 Å². The molecular formula is C14H18F2N4. The second-order valence-corrected chi connectivity index (χ2v) is 5.00. The van der Waals surface area contributed by atoms with Crippen molar-refractivity contribution in [2.24, 2.45) is 0 Å². The van der Waals surface area contributed by atoms with Crippen LogP contribution in [0, 0.1) is 23.0 Å². The molecule has 1 N–H and O–H groups in total. The lowest BCUT2D eigenvalue weighted by atomic mass is 10.2. The van der Waals surface area contributed by atoms with Crippen LogP contribution in [0.1, 0.15) is 5.56 Å². The summed E-state index contributed by atoms with van der Waals surface area (Å²) in [7, 11) is 2.08. The zero-order valence-corrected chi connectivity index (χ0v) is 11.5. The summed E-state index contributed by atoms with van der Waals surface area (Å²) in [5.74, 6) is -1.44. The Kier molecular flexibility index (Phi) is 4.88. The van der Waals surface area contributed by atoms with E-state index in [0.29, 0.717) is 6.54 Å². The highest BCUT2D eigenvalue weighted by Gasteiger charge is 2.14. The van der Waals surface area contributed by atoms with Crippen LogP contribution in [0.2, 0.25) is 0 Å². The number of rotatable bonds is 4. The van der Waals surface area contributed by atoms with Crippen molar-refractivity contribution in [3.8, 4) is 6.07 Å². The number of nitrogens with zero attached hydrogens (tertiary/aromatic N) is 3. The van der Waals surface area contributed by atoms with Gasteiger partial charge in [0, 0.05) is 39.3 Å². The van der Waals surface area contributed by atoms with Crippen molar-refractivity contribution in [2.45, 2.75) is 0 Å². The van der Waals surface area contributed by atoms with Crippen LogP contribution in [-0.4, -0.2) is 56.1 Å². The van der Waals surface area contributed by atoms with E-state index in [9.17, 15) is 8.78 Å². The molecule has 0 bridgehead atoms. The van der Waals surface area contributed by atoms with Gasteiger partial charge in [0.2, 0.25) is 0 Å². The maximum Gasteiger partial charge on any atom is 0.150 e. The Labute approximate surface area is 117 Å². The summed E-state index contributed by atoms with van der Waals surface area (Å²) in [4.78, 5) is 4.51. The zero-order chi connectivity index (χ0) is 14.5. The summed E-state index contributed by atoms with van der Waals surface area (Å²) < 4.78 is 27.3. The van der Waals surface area contributed by atoms with E-state index in [1.54, 1.807) is 6.07 Å². The first-order chi connectivity index (χ1) is 9.60. The van der Waals surface area contributed by atoms with Crippen LogP contribution in [0.3, 0.4) is 0 Å². The Balaban J connectivity index is 1.87. The molecule has 2 rings (SSSR count). The number of nitrogens with one attached hydrogen (secondary N) is 1. The van der Waals surface area contributed by atoms with Crippen molar-refractivity contribution < 1.29 is 8.78 Å². The average molecular weight is 280 g/mol. The lowest BCUT2D eigenvalue weighted by molar-refractivity contribution is 0.158. The van der Waals surface area contributed by atoms with Crippen molar-refractivity contribution in [2.75, 3.05) is 51.6 Å². The minimum absolute atomic E-state index is 0.00961. The van der Waals surface area contributed by atoms with Crippen LogP contribution in [0.4, 0.5) is 14.5 Å². The molecule has 0 atom stereocenters. The molecule has 1 saturated heterocycles. The van der Waals surface area contributed by atoms with E-state index in [0.717, 1.165) is 44.9 Å². The van der Waals surface area contributed by atoms with Gasteiger partial charge in [-0.25, -0.2) is 8.78 Å². The summed E-state index contributed by atoms with van der Waals surface area (Å²) in [6.07, 6.45) is 0. The maximum atomic E-state index is 13.6. The Hall–Kier alpha value is -1.71. The number of piperazine rings is 1. The van der Waals surface area contributed by atoms with Crippen LogP contribution in [0.5, 0.6) is 0 Å². The van der Waals surface area contributed by atoms with Crippen LogP contribution in [0.15, 0.2) is 12.1 Å². The smallest absolute Gasteiger partial charge is 0.150 e. The topological polar surface area (TPSA) is 42.3 Å². The van der Waals surface area contributed by atoms with E-state index in [2.05, 4.69) is 22.2 Å². The summed E-state index contributed by atoms with van der Waals surface area (Å²) in [5, 5.41) is 11.4. The molecule has 0 spiro atoms. The first kappa shape index (κ1) is 14.7. The van der Waals surface area contributed by atoms with E-state index in [4.69, 9.17) is 5.26 Å². The molecule has 1 aliphatic rings. The minimum atomic E-state index is -0.722. The quantitative estimate of drug-likeness (QED) is 0.907. The van der Waals surface area contributed by atoms with Crippen molar-refractivity contribution in [3.05, 3.63) is 29.3 Å². The molecule has 0 radical (unpaired) electrons. The summed E-state index contributed by atoms with van der Waals surface area (Å²) in [5.41, 5.74) is -0.164. The highest BCUT2D eigenvalue weighted by molar-refractivity contribution is 5.50. The van der Waals surface area contributed by atoms with Gasteiger partial charge < -0.3 is 10.2 Å². The molecule has 20 heavy (non-hydrogen) atoms. The molecule has 4 nitrogen and oxygen atoms in total. The third-order valence-corrected chi connectivity index (χ3v) is 3.50. The molecule has 1 aliphatic heterocycles. The third-order valence-electron chi connectivity index (χ3n) is 3.50. The van der Waals surface area contributed by atoms with Crippen LogP contribution in [0.25, 0.3) is 0 Å². The molecule has 0 saturated carbocycles. The summed E-state index contributed by atoms with van der Waals surface area (Å²) in [6, 6.07) is 3.81. The van der Waals surface area contributed by atoms with Gasteiger partial charge in [-0.1, -0.05) is 0 Å². The normalized spacial score (nSPS) is 16.9. The molecule has 1 aromatic rings. The Bertz CT molecular complexity index is 481. The summed E-state index contributed by atoms with van der Waals surface area (Å²) >= 11 is 0. The Morgan fingerprint density at radius 3 is 2.35 bits per heavy atom. The van der Waals surface area contributed by atoms with Crippen LogP contribution < -0.4 is 5.32 Å². The predicted octanol–water partition coefficient (Wildman–Crippen LogP) is 1.50. The standard InChI is InChI=1S/C14H18F2N4/c1-19-4-6-20(7-5-19)3-2-18-14-12(15)8-11(10-17)9-13(14)16/h8-9,18H,2-7H2,1H3. The molecule has 0 unspecified atom stereocenters. The highest BCUT2D eigenvalue weighted by Crippen LogP contribution is 2.20. The number of benzene rings is 1. The van der Waals surface area contributed by atoms with Crippen LogP contribution in [-0.2, 0) is 0 Å². The predicted molar refractivity (Wildman–Crippen MR) is 73.5 cm³/mol. The van der Waals surface area contributed by atoms with Gasteiger partial charge in [-0.3, -0.25) is 4.90 Å². The van der Waals surface area contributed by atoms with Gasteiger partial charge in [-0.2, -0.15) is 5.26 Å². The second-order valence-electron chi connectivity index (χ2n) is 5.00. The molecule has 0 aromatic heterocycles. The molecule has 0 amide bonds. The Morgan fingerprint density at radius 1 is 1.20 bits per heavy atom. The fourth-order valence-electron chi connectivity index (χ4n) is 2.22. The fourth-order valence-corrected chi connectivity index (χ4v) is 2.22. The molecule has 1 heterocycles. The molecule has 6 heteroatoms. The molecule has 1 aromatic carbocycles. The second kappa shape index (κ2) is 6.64.